The van der Waals surface area contributed by atoms with Gasteiger partial charge in [-0.15, -0.1) is 0 Å². The second-order valence-electron chi connectivity index (χ2n) is 3.30. The van der Waals surface area contributed by atoms with E-state index in [1.54, 1.807) is 14.0 Å². The number of hydrogen-bond donors (Lipinski definition) is 2. The number of ether oxygens (including phenoxy) is 1. The summed E-state index contributed by atoms with van der Waals surface area (Å²) in [7, 11) is 1.56. The van der Waals surface area contributed by atoms with Crippen molar-refractivity contribution < 1.29 is 14.4 Å². The highest BCUT2D eigenvalue weighted by atomic mass is 16.5. The van der Waals surface area contributed by atoms with Gasteiger partial charge in [-0.25, -0.2) is 0 Å². The molecule has 2 N–H and O–H groups in total. The van der Waals surface area contributed by atoms with Crippen molar-refractivity contribution in [1.29, 1.82) is 0 Å². The number of aliphatic hydroxyl groups is 1. The van der Waals surface area contributed by atoms with Crippen molar-refractivity contribution >= 4 is 0 Å². The van der Waals surface area contributed by atoms with Crippen LogP contribution < -0.4 is 5.32 Å². The first-order chi connectivity index (χ1) is 7.22. The van der Waals surface area contributed by atoms with Crippen LogP contribution >= 0.6 is 0 Å². The monoisotopic (exact) mass is 215 g/mol. The molecule has 1 heterocycles. The van der Waals surface area contributed by atoms with E-state index >= 15 is 0 Å². The van der Waals surface area contributed by atoms with E-state index in [0.29, 0.717) is 37.8 Å². The lowest BCUT2D eigenvalue weighted by atomic mass is 10.3. The van der Waals surface area contributed by atoms with Gasteiger partial charge < -0.3 is 19.7 Å². The number of nitrogens with one attached hydrogen (secondary N) is 1. The van der Waals surface area contributed by atoms with Crippen LogP contribution in [-0.4, -0.2) is 48.2 Å². The maximum absolute atomic E-state index is 9.31. The summed E-state index contributed by atoms with van der Waals surface area (Å²) in [6, 6.07) is 0. The topological polar surface area (TPSA) is 80.4 Å². The third-order valence-electron chi connectivity index (χ3n) is 1.82. The van der Waals surface area contributed by atoms with Crippen molar-refractivity contribution in [2.24, 2.45) is 0 Å². The van der Waals surface area contributed by atoms with Crippen LogP contribution in [-0.2, 0) is 11.2 Å². The molecule has 1 atom stereocenters. The molecule has 0 saturated carbocycles. The Labute approximate surface area is 88.6 Å². The van der Waals surface area contributed by atoms with Gasteiger partial charge in [0, 0.05) is 26.6 Å². The lowest BCUT2D eigenvalue weighted by Gasteiger charge is -2.09. The largest absolute Gasteiger partial charge is 0.389 e. The Bertz CT molecular complexity index is 277. The summed E-state index contributed by atoms with van der Waals surface area (Å²) in [5.41, 5.74) is 0. The van der Waals surface area contributed by atoms with E-state index in [2.05, 4.69) is 15.5 Å². The van der Waals surface area contributed by atoms with Gasteiger partial charge in [-0.05, 0) is 6.92 Å². The van der Waals surface area contributed by atoms with Crippen molar-refractivity contribution in [1.82, 2.24) is 15.5 Å². The first-order valence-corrected chi connectivity index (χ1v) is 4.89. The second-order valence-corrected chi connectivity index (χ2v) is 3.30. The Balaban J connectivity index is 2.06. The molecule has 0 aliphatic heterocycles. The number of nitrogens with zero attached hydrogens (tertiary/aromatic N) is 2. The molecule has 1 aromatic heterocycles. The molecule has 0 amide bonds. The van der Waals surface area contributed by atoms with Crippen LogP contribution in [0.1, 0.15) is 11.7 Å². The van der Waals surface area contributed by atoms with Gasteiger partial charge in [-0.2, -0.15) is 4.98 Å². The van der Waals surface area contributed by atoms with E-state index in [0.717, 1.165) is 0 Å². The third-order valence-corrected chi connectivity index (χ3v) is 1.82. The summed E-state index contributed by atoms with van der Waals surface area (Å²) >= 11 is 0. The van der Waals surface area contributed by atoms with Crippen molar-refractivity contribution in [2.75, 3.05) is 26.8 Å². The maximum Gasteiger partial charge on any atom is 0.227 e. The van der Waals surface area contributed by atoms with E-state index in [-0.39, 0.29) is 0 Å². The number of aliphatic hydroxyl groups excluding tert-OH is 1. The molecule has 1 unspecified atom stereocenters. The van der Waals surface area contributed by atoms with Gasteiger partial charge in [0.2, 0.25) is 5.89 Å². The fourth-order valence-corrected chi connectivity index (χ4v) is 1.16. The van der Waals surface area contributed by atoms with Crippen LogP contribution in [0.25, 0.3) is 0 Å². The first-order valence-electron chi connectivity index (χ1n) is 4.89. The molecule has 0 spiro atoms. The van der Waals surface area contributed by atoms with Crippen molar-refractivity contribution in [3.63, 3.8) is 0 Å². The van der Waals surface area contributed by atoms with Gasteiger partial charge >= 0.3 is 0 Å². The molecule has 1 rings (SSSR count). The zero-order valence-corrected chi connectivity index (χ0v) is 9.06. The minimum absolute atomic E-state index is 0.340. The van der Waals surface area contributed by atoms with Gasteiger partial charge in [-0.3, -0.25) is 0 Å². The SMILES string of the molecule is COCC(O)CNCCc1nc(C)no1. The van der Waals surface area contributed by atoms with Crippen molar-refractivity contribution in [3.8, 4) is 0 Å². The van der Waals surface area contributed by atoms with Crippen LogP contribution in [0.2, 0.25) is 0 Å². The molecule has 0 bridgehead atoms. The number of methoxy groups -OCH3 is 1. The highest BCUT2D eigenvalue weighted by molar-refractivity contribution is 4.83. The Morgan fingerprint density at radius 3 is 3.00 bits per heavy atom. The second kappa shape index (κ2) is 6.49. The summed E-state index contributed by atoms with van der Waals surface area (Å²) in [5, 5.41) is 16.1. The molecule has 1 aromatic rings. The number of hydrogen-bond acceptors (Lipinski definition) is 6. The fourth-order valence-electron chi connectivity index (χ4n) is 1.16. The van der Waals surface area contributed by atoms with Crippen LogP contribution in [0.5, 0.6) is 0 Å². The predicted molar refractivity (Wildman–Crippen MR) is 53.5 cm³/mol. The summed E-state index contributed by atoms with van der Waals surface area (Å²) in [5.74, 6) is 1.26. The molecule has 6 heteroatoms. The van der Waals surface area contributed by atoms with Gasteiger partial charge in [-0.1, -0.05) is 5.16 Å². The van der Waals surface area contributed by atoms with Crippen molar-refractivity contribution in [3.05, 3.63) is 11.7 Å². The molecule has 6 nitrogen and oxygen atoms in total. The lowest BCUT2D eigenvalue weighted by molar-refractivity contribution is 0.0647. The van der Waals surface area contributed by atoms with E-state index < -0.39 is 6.10 Å². The molecule has 0 fully saturated rings. The third kappa shape index (κ3) is 4.87. The normalized spacial score (nSPS) is 13.0. The van der Waals surface area contributed by atoms with Crippen LogP contribution in [0.15, 0.2) is 4.52 Å². The minimum Gasteiger partial charge on any atom is -0.389 e. The maximum atomic E-state index is 9.31. The van der Waals surface area contributed by atoms with Crippen molar-refractivity contribution in [2.45, 2.75) is 19.4 Å². The molecular formula is C9H17N3O3. The van der Waals surface area contributed by atoms with Gasteiger partial charge in [0.05, 0.1) is 12.7 Å². The quantitative estimate of drug-likeness (QED) is 0.598. The first kappa shape index (κ1) is 12.1. The minimum atomic E-state index is -0.473. The Morgan fingerprint density at radius 2 is 2.40 bits per heavy atom. The zero-order chi connectivity index (χ0) is 11.1. The molecular weight excluding hydrogens is 198 g/mol. The van der Waals surface area contributed by atoms with E-state index in [9.17, 15) is 5.11 Å². The smallest absolute Gasteiger partial charge is 0.227 e. The average molecular weight is 215 g/mol. The number of aryl methyl sites for hydroxylation is 1. The summed E-state index contributed by atoms with van der Waals surface area (Å²) in [6.45, 7) is 3.32. The van der Waals surface area contributed by atoms with Crippen LogP contribution in [0, 0.1) is 6.92 Å². The van der Waals surface area contributed by atoms with E-state index in [1.807, 2.05) is 0 Å². The molecule has 0 radical (unpaired) electrons. The number of rotatable bonds is 7. The molecule has 0 saturated heterocycles. The number of aromatic nitrogens is 2. The van der Waals surface area contributed by atoms with E-state index in [1.165, 1.54) is 0 Å². The Kier molecular flexibility index (Phi) is 5.23. The predicted octanol–water partition coefficient (Wildman–Crippen LogP) is -0.483. The molecule has 0 aliphatic carbocycles. The standard InChI is InChI=1S/C9H17N3O3/c1-7-11-9(15-12-7)3-4-10-5-8(13)6-14-2/h8,10,13H,3-6H2,1-2H3. The molecule has 0 aliphatic rings. The van der Waals surface area contributed by atoms with Gasteiger partial charge in [0.25, 0.3) is 0 Å². The fraction of sp³-hybridized carbons (Fsp3) is 0.778. The highest BCUT2D eigenvalue weighted by Crippen LogP contribution is 1.95. The zero-order valence-electron chi connectivity index (χ0n) is 9.06. The lowest BCUT2D eigenvalue weighted by Crippen LogP contribution is -2.31. The highest BCUT2D eigenvalue weighted by Gasteiger charge is 2.04. The summed E-state index contributed by atoms with van der Waals surface area (Å²) < 4.78 is 9.72. The molecule has 86 valence electrons. The van der Waals surface area contributed by atoms with Crippen LogP contribution in [0.3, 0.4) is 0 Å². The van der Waals surface area contributed by atoms with Gasteiger partial charge in [0.1, 0.15) is 0 Å². The summed E-state index contributed by atoms with van der Waals surface area (Å²) in [4.78, 5) is 4.06. The van der Waals surface area contributed by atoms with Gasteiger partial charge in [0.15, 0.2) is 5.82 Å². The average Bonchev–Trinajstić information content (AvgIpc) is 2.60. The van der Waals surface area contributed by atoms with E-state index in [4.69, 9.17) is 9.26 Å². The summed E-state index contributed by atoms with van der Waals surface area (Å²) in [6.07, 6.45) is 0.194. The molecule has 15 heavy (non-hydrogen) atoms. The molecule has 0 aromatic carbocycles. The van der Waals surface area contributed by atoms with Crippen LogP contribution in [0.4, 0.5) is 0 Å². The Morgan fingerprint density at radius 1 is 1.60 bits per heavy atom. The Hall–Kier alpha value is -0.980.